The summed E-state index contributed by atoms with van der Waals surface area (Å²) in [6, 6.07) is 16.7. The Morgan fingerprint density at radius 3 is 2.28 bits per heavy atom. The van der Waals surface area contributed by atoms with Gasteiger partial charge >= 0.3 is 11.9 Å². The van der Waals surface area contributed by atoms with E-state index in [9.17, 15) is 9.59 Å². The van der Waals surface area contributed by atoms with Crippen molar-refractivity contribution < 1.29 is 23.8 Å². The van der Waals surface area contributed by atoms with Crippen LogP contribution in [0.25, 0.3) is 16.9 Å². The molecule has 0 atom stereocenters. The molecule has 0 saturated carbocycles. The highest BCUT2D eigenvalue weighted by Gasteiger charge is 2.32. The molecule has 2 aromatic carbocycles. The van der Waals surface area contributed by atoms with Gasteiger partial charge in [-0.15, -0.1) is 0 Å². The topological polar surface area (TPSA) is 79.7 Å². The number of benzene rings is 2. The number of carbonyl (C=O) groups is 2. The molecule has 3 rings (SSSR count). The van der Waals surface area contributed by atoms with Gasteiger partial charge in [-0.25, -0.2) is 14.3 Å². The molecule has 0 aliphatic rings. The van der Waals surface area contributed by atoms with Crippen molar-refractivity contribution in [2.24, 2.45) is 0 Å². The molecule has 0 spiro atoms. The van der Waals surface area contributed by atoms with Crippen LogP contribution in [0.5, 0.6) is 0 Å². The van der Waals surface area contributed by atoms with E-state index in [4.69, 9.17) is 14.2 Å². The van der Waals surface area contributed by atoms with Crippen LogP contribution in [0, 0.1) is 0 Å². The minimum atomic E-state index is -0.679. The molecular weight excluding hydrogens is 408 g/mol. The van der Waals surface area contributed by atoms with Gasteiger partial charge in [-0.3, -0.25) is 0 Å². The molecule has 0 saturated heterocycles. The average Bonchev–Trinajstić information content (AvgIpc) is 3.24. The predicted molar refractivity (Wildman–Crippen MR) is 121 cm³/mol. The molecule has 0 aliphatic carbocycles. The Balaban J connectivity index is 2.14. The second-order valence-electron chi connectivity index (χ2n) is 7.22. The Hall–Kier alpha value is -3.45. The predicted octanol–water partition coefficient (Wildman–Crippen LogP) is 4.82. The Morgan fingerprint density at radius 2 is 1.59 bits per heavy atom. The number of para-hydroxylation sites is 1. The first-order valence-corrected chi connectivity index (χ1v) is 10.6. The molecule has 0 aliphatic heterocycles. The van der Waals surface area contributed by atoms with Crippen molar-refractivity contribution in [3.05, 3.63) is 71.4 Å². The summed E-state index contributed by atoms with van der Waals surface area (Å²) in [4.78, 5) is 25.6. The number of ether oxygens (including phenoxy) is 3. The number of esters is 2. The van der Waals surface area contributed by atoms with Crippen LogP contribution in [0.4, 0.5) is 0 Å². The zero-order valence-electron chi connectivity index (χ0n) is 18.7. The van der Waals surface area contributed by atoms with Crippen LogP contribution in [-0.4, -0.2) is 42.5 Å². The van der Waals surface area contributed by atoms with Crippen molar-refractivity contribution in [2.75, 3.05) is 20.8 Å². The summed E-state index contributed by atoms with van der Waals surface area (Å²) in [5.74, 6) is -1.34. The molecule has 0 unspecified atom stereocenters. The highest BCUT2D eigenvalue weighted by Crippen LogP contribution is 2.31. The smallest absolute Gasteiger partial charge is 0.357 e. The maximum Gasteiger partial charge on any atom is 0.357 e. The van der Waals surface area contributed by atoms with Crippen LogP contribution in [0.15, 0.2) is 54.6 Å². The molecule has 0 amide bonds. The molecule has 1 aromatic heterocycles. The third kappa shape index (κ3) is 5.06. The van der Waals surface area contributed by atoms with Crippen molar-refractivity contribution in [1.29, 1.82) is 0 Å². The highest BCUT2D eigenvalue weighted by atomic mass is 16.5. The standard InChI is InChI=1S/C25H28N2O5/c1-4-5-11-16-32-17-18-12-9-10-15-20(18)22-21(24(28)30-2)23(25(29)31-3)27(26-22)19-13-7-6-8-14-19/h6-10,12-15H,4-5,11,16-17H2,1-3H3. The minimum absolute atomic E-state index is 0.0132. The number of aromatic nitrogens is 2. The van der Waals surface area contributed by atoms with Gasteiger partial charge in [-0.05, 0) is 24.1 Å². The SMILES string of the molecule is CCCCCOCc1ccccc1-c1nn(-c2ccccc2)c(C(=O)OC)c1C(=O)OC. The molecule has 0 radical (unpaired) electrons. The minimum Gasteiger partial charge on any atom is -0.465 e. The number of unbranched alkanes of at least 4 members (excludes halogenated alkanes) is 2. The lowest BCUT2D eigenvalue weighted by Crippen LogP contribution is -2.15. The fourth-order valence-electron chi connectivity index (χ4n) is 3.46. The highest BCUT2D eigenvalue weighted by molar-refractivity contribution is 6.07. The van der Waals surface area contributed by atoms with E-state index < -0.39 is 11.9 Å². The lowest BCUT2D eigenvalue weighted by Gasteiger charge is -2.10. The van der Waals surface area contributed by atoms with Gasteiger partial charge in [0.25, 0.3) is 0 Å². The van der Waals surface area contributed by atoms with Gasteiger partial charge < -0.3 is 14.2 Å². The van der Waals surface area contributed by atoms with Gasteiger partial charge in [-0.2, -0.15) is 5.10 Å². The summed E-state index contributed by atoms with van der Waals surface area (Å²) >= 11 is 0. The zero-order chi connectivity index (χ0) is 22.9. The lowest BCUT2D eigenvalue weighted by atomic mass is 10.0. The lowest BCUT2D eigenvalue weighted by molar-refractivity contribution is 0.0549. The van der Waals surface area contributed by atoms with E-state index >= 15 is 0 Å². The van der Waals surface area contributed by atoms with E-state index in [2.05, 4.69) is 12.0 Å². The maximum atomic E-state index is 12.8. The van der Waals surface area contributed by atoms with Crippen molar-refractivity contribution >= 4 is 11.9 Å². The Labute approximate surface area is 187 Å². The Kier molecular flexibility index (Phi) is 8.16. The number of carbonyl (C=O) groups excluding carboxylic acids is 2. The largest absolute Gasteiger partial charge is 0.465 e. The van der Waals surface area contributed by atoms with Crippen LogP contribution in [0.1, 0.15) is 52.6 Å². The second kappa shape index (κ2) is 11.2. The van der Waals surface area contributed by atoms with E-state index in [-0.39, 0.29) is 11.3 Å². The summed E-state index contributed by atoms with van der Waals surface area (Å²) in [6.45, 7) is 3.16. The number of rotatable bonds is 10. The molecule has 7 nitrogen and oxygen atoms in total. The van der Waals surface area contributed by atoms with Crippen LogP contribution in [-0.2, 0) is 20.8 Å². The van der Waals surface area contributed by atoms with E-state index in [0.29, 0.717) is 30.2 Å². The summed E-state index contributed by atoms with van der Waals surface area (Å²) in [7, 11) is 2.54. The fraction of sp³-hybridized carbons (Fsp3) is 0.320. The van der Waals surface area contributed by atoms with Crippen LogP contribution < -0.4 is 0 Å². The zero-order valence-corrected chi connectivity index (χ0v) is 18.7. The maximum absolute atomic E-state index is 12.8. The van der Waals surface area contributed by atoms with E-state index in [1.165, 1.54) is 18.9 Å². The number of nitrogens with zero attached hydrogens (tertiary/aromatic N) is 2. The van der Waals surface area contributed by atoms with E-state index in [0.717, 1.165) is 24.8 Å². The molecule has 3 aromatic rings. The number of hydrogen-bond donors (Lipinski definition) is 0. The van der Waals surface area contributed by atoms with Crippen LogP contribution in [0.2, 0.25) is 0 Å². The van der Waals surface area contributed by atoms with E-state index in [1.807, 2.05) is 42.5 Å². The fourth-order valence-corrected chi connectivity index (χ4v) is 3.46. The normalized spacial score (nSPS) is 10.7. The average molecular weight is 437 g/mol. The van der Waals surface area contributed by atoms with Crippen LogP contribution in [0.3, 0.4) is 0 Å². The Morgan fingerprint density at radius 1 is 0.906 bits per heavy atom. The van der Waals surface area contributed by atoms with Crippen molar-refractivity contribution in [1.82, 2.24) is 9.78 Å². The summed E-state index contributed by atoms with van der Waals surface area (Å²) < 4.78 is 17.3. The molecule has 168 valence electrons. The van der Waals surface area contributed by atoms with E-state index in [1.54, 1.807) is 12.1 Å². The molecule has 0 N–H and O–H groups in total. The first-order chi connectivity index (χ1) is 15.6. The molecule has 0 fully saturated rings. The summed E-state index contributed by atoms with van der Waals surface area (Å²) in [5, 5.41) is 4.67. The number of methoxy groups -OCH3 is 2. The Bertz CT molecular complexity index is 1060. The van der Waals surface area contributed by atoms with Crippen LogP contribution >= 0.6 is 0 Å². The van der Waals surface area contributed by atoms with Gasteiger partial charge in [0.15, 0.2) is 5.69 Å². The van der Waals surface area contributed by atoms with Crippen molar-refractivity contribution in [3.8, 4) is 16.9 Å². The molecule has 7 heteroatoms. The third-order valence-corrected chi connectivity index (χ3v) is 5.08. The van der Waals surface area contributed by atoms with Gasteiger partial charge in [0.05, 0.1) is 26.5 Å². The van der Waals surface area contributed by atoms with Gasteiger partial charge in [-0.1, -0.05) is 62.2 Å². The van der Waals surface area contributed by atoms with Gasteiger partial charge in [0.1, 0.15) is 11.3 Å². The van der Waals surface area contributed by atoms with Gasteiger partial charge in [0.2, 0.25) is 0 Å². The second-order valence-corrected chi connectivity index (χ2v) is 7.22. The number of hydrogen-bond acceptors (Lipinski definition) is 6. The third-order valence-electron chi connectivity index (χ3n) is 5.08. The first-order valence-electron chi connectivity index (χ1n) is 10.6. The molecule has 32 heavy (non-hydrogen) atoms. The summed E-state index contributed by atoms with van der Waals surface area (Å²) in [5.41, 5.74) is 2.60. The first kappa shape index (κ1) is 23.2. The summed E-state index contributed by atoms with van der Waals surface area (Å²) in [6.07, 6.45) is 3.22. The monoisotopic (exact) mass is 436 g/mol. The van der Waals surface area contributed by atoms with Gasteiger partial charge in [0, 0.05) is 12.2 Å². The quantitative estimate of drug-likeness (QED) is 0.335. The molecule has 0 bridgehead atoms. The van der Waals surface area contributed by atoms with Crippen molar-refractivity contribution in [3.63, 3.8) is 0 Å². The van der Waals surface area contributed by atoms with Crippen molar-refractivity contribution in [2.45, 2.75) is 32.8 Å². The molecular formula is C25H28N2O5. The molecule has 1 heterocycles.